The molecule has 2 rings (SSSR count). The topological polar surface area (TPSA) is 54.0 Å². The minimum atomic E-state index is -0.436. The molecule has 1 aliphatic heterocycles. The Bertz CT molecular complexity index is 397. The maximum atomic E-state index is 9.88. The fourth-order valence-corrected chi connectivity index (χ4v) is 2.64. The Morgan fingerprint density at radius 3 is 2.78 bits per heavy atom. The molecule has 1 atom stereocenters. The first-order chi connectivity index (χ1) is 11.3. The number of nitrogens with one attached hydrogen (secondary N) is 1. The Kier molecular flexibility index (Phi) is 9.21. The van der Waals surface area contributed by atoms with Gasteiger partial charge in [0.05, 0.1) is 25.9 Å². The summed E-state index contributed by atoms with van der Waals surface area (Å²) in [6.45, 7) is 7.34. The second-order valence-corrected chi connectivity index (χ2v) is 5.98. The third-order valence-electron chi connectivity index (χ3n) is 3.99. The van der Waals surface area contributed by atoms with Crippen molar-refractivity contribution in [2.24, 2.45) is 0 Å². The van der Waals surface area contributed by atoms with E-state index in [2.05, 4.69) is 34.5 Å². The summed E-state index contributed by atoms with van der Waals surface area (Å²) in [6, 6.07) is 10.4. The van der Waals surface area contributed by atoms with E-state index in [1.165, 1.54) is 5.56 Å². The van der Waals surface area contributed by atoms with Crippen LogP contribution < -0.4 is 5.32 Å². The van der Waals surface area contributed by atoms with Crippen LogP contribution in [0.4, 0.5) is 0 Å². The Morgan fingerprint density at radius 1 is 1.22 bits per heavy atom. The number of benzene rings is 1. The first-order valence-corrected chi connectivity index (χ1v) is 8.65. The van der Waals surface area contributed by atoms with Gasteiger partial charge in [-0.3, -0.25) is 4.90 Å². The van der Waals surface area contributed by atoms with E-state index < -0.39 is 6.10 Å². The van der Waals surface area contributed by atoms with Crippen LogP contribution in [0.5, 0.6) is 0 Å². The number of ether oxygens (including phenoxy) is 2. The van der Waals surface area contributed by atoms with Gasteiger partial charge in [-0.2, -0.15) is 0 Å². The zero-order valence-corrected chi connectivity index (χ0v) is 14.0. The van der Waals surface area contributed by atoms with Gasteiger partial charge in [-0.05, 0) is 24.9 Å². The molecule has 1 aliphatic rings. The molecule has 2 N–H and O–H groups in total. The molecule has 0 radical (unpaired) electrons. The van der Waals surface area contributed by atoms with Crippen LogP contribution in [0.2, 0.25) is 0 Å². The fourth-order valence-electron chi connectivity index (χ4n) is 2.64. The minimum absolute atomic E-state index is 0.404. The average molecular weight is 322 g/mol. The standard InChI is InChI=1S/C18H30N2O3/c21-18(15-19-8-7-17-5-2-1-3-6-17)16-23-12-4-9-20-10-13-22-14-11-20/h1-3,5-6,18-19,21H,4,7-16H2. The van der Waals surface area contributed by atoms with E-state index in [4.69, 9.17) is 9.47 Å². The van der Waals surface area contributed by atoms with Gasteiger partial charge in [0.1, 0.15) is 0 Å². The maximum absolute atomic E-state index is 9.88. The summed E-state index contributed by atoms with van der Waals surface area (Å²) in [5.74, 6) is 0. The van der Waals surface area contributed by atoms with E-state index in [1.54, 1.807) is 0 Å². The van der Waals surface area contributed by atoms with Gasteiger partial charge < -0.3 is 19.9 Å². The number of hydrogen-bond acceptors (Lipinski definition) is 5. The molecular formula is C18H30N2O3. The van der Waals surface area contributed by atoms with Gasteiger partial charge in [-0.1, -0.05) is 30.3 Å². The number of hydrogen-bond donors (Lipinski definition) is 2. The van der Waals surface area contributed by atoms with E-state index in [-0.39, 0.29) is 0 Å². The Balaban J connectivity index is 1.40. The van der Waals surface area contributed by atoms with Crippen LogP contribution in [-0.4, -0.2) is 75.3 Å². The summed E-state index contributed by atoms with van der Waals surface area (Å²) in [7, 11) is 0. The van der Waals surface area contributed by atoms with Gasteiger partial charge in [0.15, 0.2) is 0 Å². The number of nitrogens with zero attached hydrogens (tertiary/aromatic N) is 1. The van der Waals surface area contributed by atoms with Crippen LogP contribution in [0.3, 0.4) is 0 Å². The molecule has 0 spiro atoms. The smallest absolute Gasteiger partial charge is 0.0897 e. The highest BCUT2D eigenvalue weighted by Crippen LogP contribution is 1.99. The lowest BCUT2D eigenvalue weighted by atomic mass is 10.1. The molecule has 1 aromatic rings. The van der Waals surface area contributed by atoms with Crippen molar-refractivity contribution in [2.45, 2.75) is 18.9 Å². The SMILES string of the molecule is OC(CNCCc1ccccc1)COCCCN1CCOCC1. The van der Waals surface area contributed by atoms with E-state index >= 15 is 0 Å². The molecular weight excluding hydrogens is 292 g/mol. The molecule has 130 valence electrons. The van der Waals surface area contributed by atoms with Crippen molar-refractivity contribution in [2.75, 3.05) is 59.2 Å². The van der Waals surface area contributed by atoms with Gasteiger partial charge in [-0.15, -0.1) is 0 Å². The molecule has 0 aliphatic carbocycles. The fraction of sp³-hybridized carbons (Fsp3) is 0.667. The summed E-state index contributed by atoms with van der Waals surface area (Å²) in [5, 5.41) is 13.2. The second kappa shape index (κ2) is 11.5. The Labute approximate surface area is 139 Å². The highest BCUT2D eigenvalue weighted by molar-refractivity contribution is 5.14. The van der Waals surface area contributed by atoms with Crippen LogP contribution in [0.25, 0.3) is 0 Å². The van der Waals surface area contributed by atoms with Gasteiger partial charge in [0.25, 0.3) is 0 Å². The second-order valence-electron chi connectivity index (χ2n) is 5.98. The molecule has 0 bridgehead atoms. The summed E-state index contributed by atoms with van der Waals surface area (Å²) < 4.78 is 10.9. The summed E-state index contributed by atoms with van der Waals surface area (Å²) in [4.78, 5) is 2.40. The predicted octanol–water partition coefficient (Wildman–Crippen LogP) is 0.918. The van der Waals surface area contributed by atoms with Crippen molar-refractivity contribution < 1.29 is 14.6 Å². The van der Waals surface area contributed by atoms with Crippen LogP contribution in [0.15, 0.2) is 30.3 Å². The summed E-state index contributed by atoms with van der Waals surface area (Å²) in [6.07, 6.45) is 1.55. The van der Waals surface area contributed by atoms with E-state index in [0.29, 0.717) is 19.8 Å². The highest BCUT2D eigenvalue weighted by atomic mass is 16.5. The molecule has 5 heteroatoms. The maximum Gasteiger partial charge on any atom is 0.0897 e. The zero-order chi connectivity index (χ0) is 16.2. The Morgan fingerprint density at radius 2 is 2.00 bits per heavy atom. The zero-order valence-electron chi connectivity index (χ0n) is 14.0. The van der Waals surface area contributed by atoms with Crippen LogP contribution >= 0.6 is 0 Å². The van der Waals surface area contributed by atoms with Crippen LogP contribution in [0, 0.1) is 0 Å². The minimum Gasteiger partial charge on any atom is -0.389 e. The molecule has 1 heterocycles. The lowest BCUT2D eigenvalue weighted by Crippen LogP contribution is -2.37. The normalized spacial score (nSPS) is 17.3. The third kappa shape index (κ3) is 8.44. The molecule has 0 aromatic heterocycles. The number of morpholine rings is 1. The number of aliphatic hydroxyl groups is 1. The van der Waals surface area contributed by atoms with Crippen molar-refractivity contribution in [1.29, 1.82) is 0 Å². The van der Waals surface area contributed by atoms with Crippen molar-refractivity contribution in [3.05, 3.63) is 35.9 Å². The lowest BCUT2D eigenvalue weighted by molar-refractivity contribution is 0.0183. The van der Waals surface area contributed by atoms with Gasteiger partial charge in [0.2, 0.25) is 0 Å². The molecule has 0 amide bonds. The third-order valence-corrected chi connectivity index (χ3v) is 3.99. The largest absolute Gasteiger partial charge is 0.389 e. The molecule has 1 saturated heterocycles. The molecule has 1 fully saturated rings. The molecule has 23 heavy (non-hydrogen) atoms. The highest BCUT2D eigenvalue weighted by Gasteiger charge is 2.09. The van der Waals surface area contributed by atoms with E-state index in [1.807, 2.05) is 6.07 Å². The van der Waals surface area contributed by atoms with Crippen molar-refractivity contribution in [1.82, 2.24) is 10.2 Å². The van der Waals surface area contributed by atoms with Crippen LogP contribution in [0.1, 0.15) is 12.0 Å². The first-order valence-electron chi connectivity index (χ1n) is 8.65. The molecule has 0 saturated carbocycles. The molecule has 1 aromatic carbocycles. The van der Waals surface area contributed by atoms with E-state index in [9.17, 15) is 5.11 Å². The summed E-state index contributed by atoms with van der Waals surface area (Å²) >= 11 is 0. The quantitative estimate of drug-likeness (QED) is 0.593. The van der Waals surface area contributed by atoms with Gasteiger partial charge >= 0.3 is 0 Å². The molecule has 1 unspecified atom stereocenters. The number of aliphatic hydroxyl groups excluding tert-OH is 1. The van der Waals surface area contributed by atoms with Crippen molar-refractivity contribution in [3.8, 4) is 0 Å². The van der Waals surface area contributed by atoms with Gasteiger partial charge in [-0.25, -0.2) is 0 Å². The van der Waals surface area contributed by atoms with Crippen molar-refractivity contribution in [3.63, 3.8) is 0 Å². The number of rotatable bonds is 11. The monoisotopic (exact) mass is 322 g/mol. The molecule has 5 nitrogen and oxygen atoms in total. The average Bonchev–Trinajstić information content (AvgIpc) is 2.60. The van der Waals surface area contributed by atoms with Gasteiger partial charge in [0, 0.05) is 32.8 Å². The first kappa shape index (κ1) is 18.4. The summed E-state index contributed by atoms with van der Waals surface area (Å²) in [5.41, 5.74) is 1.31. The van der Waals surface area contributed by atoms with E-state index in [0.717, 1.165) is 52.2 Å². The van der Waals surface area contributed by atoms with Crippen molar-refractivity contribution >= 4 is 0 Å². The van der Waals surface area contributed by atoms with Crippen LogP contribution in [-0.2, 0) is 15.9 Å². The lowest BCUT2D eigenvalue weighted by Gasteiger charge is -2.26. The Hall–Kier alpha value is -0.980. The predicted molar refractivity (Wildman–Crippen MR) is 91.7 cm³/mol.